The molecular weight excluding hydrogens is 138 g/mol. The van der Waals surface area contributed by atoms with Crippen molar-refractivity contribution < 1.29 is 0 Å². The smallest absolute Gasteiger partial charge is 0.00919 e. The third kappa shape index (κ3) is 3.18. The molecule has 66 valence electrons. The van der Waals surface area contributed by atoms with Crippen LogP contribution in [-0.2, 0) is 0 Å². The summed E-state index contributed by atoms with van der Waals surface area (Å²) >= 11 is 0. The second-order valence-corrected chi connectivity index (χ2v) is 3.32. The van der Waals surface area contributed by atoms with Gasteiger partial charge in [-0.2, -0.15) is 0 Å². The van der Waals surface area contributed by atoms with Crippen LogP contribution < -0.4 is 11.1 Å². The molecule has 0 aromatic heterocycles. The number of hydrogen-bond donors (Lipinski definition) is 2. The Kier molecular flexibility index (Phi) is 3.83. The molecule has 1 saturated heterocycles. The molecule has 1 heterocycles. The number of hydrogen-bond acceptors (Lipinski definition) is 3. The third-order valence-corrected chi connectivity index (χ3v) is 2.30. The molecule has 1 aliphatic heterocycles. The highest BCUT2D eigenvalue weighted by atomic mass is 15.1. The van der Waals surface area contributed by atoms with Gasteiger partial charge >= 0.3 is 0 Å². The Labute approximate surface area is 68.9 Å². The van der Waals surface area contributed by atoms with Gasteiger partial charge in [-0.05, 0) is 33.0 Å². The van der Waals surface area contributed by atoms with E-state index in [-0.39, 0.29) is 0 Å². The Balaban J connectivity index is 2.07. The molecular formula is C8H19N3. The highest BCUT2D eigenvalue weighted by molar-refractivity contribution is 4.75. The van der Waals surface area contributed by atoms with E-state index < -0.39 is 0 Å². The predicted octanol–water partition coefficient (Wildman–Crippen LogP) is -0.371. The van der Waals surface area contributed by atoms with Gasteiger partial charge < -0.3 is 16.0 Å². The number of nitrogens with zero attached hydrogens (tertiary/aromatic N) is 1. The topological polar surface area (TPSA) is 41.3 Å². The zero-order valence-corrected chi connectivity index (χ0v) is 7.34. The van der Waals surface area contributed by atoms with Gasteiger partial charge in [-0.25, -0.2) is 0 Å². The second kappa shape index (κ2) is 4.70. The fourth-order valence-electron chi connectivity index (χ4n) is 1.50. The largest absolute Gasteiger partial charge is 0.329 e. The minimum absolute atomic E-state index is 0.717. The van der Waals surface area contributed by atoms with Crippen molar-refractivity contribution in [1.82, 2.24) is 10.2 Å². The van der Waals surface area contributed by atoms with E-state index in [4.69, 9.17) is 5.73 Å². The van der Waals surface area contributed by atoms with Crippen LogP contribution in [0.4, 0.5) is 0 Å². The molecule has 0 atom stereocenters. The molecule has 0 aromatic carbocycles. The summed E-state index contributed by atoms with van der Waals surface area (Å²) in [5.41, 5.74) is 5.40. The lowest BCUT2D eigenvalue weighted by atomic mass is 10.1. The highest BCUT2D eigenvalue weighted by Gasteiger charge is 2.14. The van der Waals surface area contributed by atoms with E-state index in [1.807, 2.05) is 0 Å². The third-order valence-electron chi connectivity index (χ3n) is 2.30. The Hall–Kier alpha value is -0.120. The lowest BCUT2D eigenvalue weighted by Gasteiger charge is -2.29. The minimum Gasteiger partial charge on any atom is -0.329 e. The van der Waals surface area contributed by atoms with E-state index in [0.29, 0.717) is 0 Å². The first-order chi connectivity index (χ1) is 5.33. The SMILES string of the molecule is CN1CCC(NCCN)CC1. The first kappa shape index (κ1) is 8.97. The van der Waals surface area contributed by atoms with Crippen LogP contribution >= 0.6 is 0 Å². The van der Waals surface area contributed by atoms with Crippen molar-refractivity contribution in [2.75, 3.05) is 33.2 Å². The summed E-state index contributed by atoms with van der Waals surface area (Å²) in [5.74, 6) is 0. The van der Waals surface area contributed by atoms with Gasteiger partial charge in [0.25, 0.3) is 0 Å². The Morgan fingerprint density at radius 3 is 2.64 bits per heavy atom. The summed E-state index contributed by atoms with van der Waals surface area (Å²) < 4.78 is 0. The van der Waals surface area contributed by atoms with Crippen molar-refractivity contribution >= 4 is 0 Å². The van der Waals surface area contributed by atoms with Crippen molar-refractivity contribution in [1.29, 1.82) is 0 Å². The quantitative estimate of drug-likeness (QED) is 0.587. The average molecular weight is 157 g/mol. The molecule has 0 radical (unpaired) electrons. The van der Waals surface area contributed by atoms with Gasteiger partial charge in [0.2, 0.25) is 0 Å². The first-order valence-corrected chi connectivity index (χ1v) is 4.45. The molecule has 0 saturated carbocycles. The zero-order chi connectivity index (χ0) is 8.10. The molecule has 0 aliphatic carbocycles. The van der Waals surface area contributed by atoms with Crippen LogP contribution in [-0.4, -0.2) is 44.2 Å². The van der Waals surface area contributed by atoms with E-state index in [1.165, 1.54) is 25.9 Å². The van der Waals surface area contributed by atoms with Crippen LogP contribution in [0.25, 0.3) is 0 Å². The predicted molar refractivity (Wildman–Crippen MR) is 47.6 cm³/mol. The first-order valence-electron chi connectivity index (χ1n) is 4.45. The van der Waals surface area contributed by atoms with Gasteiger partial charge in [0.1, 0.15) is 0 Å². The van der Waals surface area contributed by atoms with Crippen molar-refractivity contribution in [3.05, 3.63) is 0 Å². The number of nitrogens with two attached hydrogens (primary N) is 1. The molecule has 3 nitrogen and oxygen atoms in total. The number of nitrogens with one attached hydrogen (secondary N) is 1. The molecule has 3 heteroatoms. The molecule has 0 amide bonds. The summed E-state index contributed by atoms with van der Waals surface area (Å²) in [6.45, 7) is 4.17. The molecule has 0 aromatic rings. The molecule has 1 aliphatic rings. The molecule has 0 unspecified atom stereocenters. The average Bonchev–Trinajstić information content (AvgIpc) is 2.04. The monoisotopic (exact) mass is 157 g/mol. The van der Waals surface area contributed by atoms with E-state index in [9.17, 15) is 0 Å². The van der Waals surface area contributed by atoms with E-state index in [1.54, 1.807) is 0 Å². The number of piperidine rings is 1. The standard InChI is InChI=1S/C8H19N3/c1-11-6-2-8(3-7-11)10-5-4-9/h8,10H,2-7,9H2,1H3. The van der Waals surface area contributed by atoms with Crippen molar-refractivity contribution in [2.45, 2.75) is 18.9 Å². The van der Waals surface area contributed by atoms with Gasteiger partial charge in [0, 0.05) is 19.1 Å². The van der Waals surface area contributed by atoms with Crippen molar-refractivity contribution in [2.24, 2.45) is 5.73 Å². The molecule has 3 N–H and O–H groups in total. The minimum atomic E-state index is 0.717. The maximum absolute atomic E-state index is 5.40. The van der Waals surface area contributed by atoms with Crippen LogP contribution in [0.2, 0.25) is 0 Å². The number of rotatable bonds is 3. The summed E-state index contributed by atoms with van der Waals surface area (Å²) in [7, 11) is 2.18. The summed E-state index contributed by atoms with van der Waals surface area (Å²) in [5, 5.41) is 3.44. The maximum Gasteiger partial charge on any atom is 0.00919 e. The van der Waals surface area contributed by atoms with Crippen molar-refractivity contribution in [3.8, 4) is 0 Å². The van der Waals surface area contributed by atoms with Crippen LogP contribution in [0.15, 0.2) is 0 Å². The summed E-state index contributed by atoms with van der Waals surface area (Å²) in [4.78, 5) is 2.38. The normalized spacial score (nSPS) is 22.4. The Morgan fingerprint density at radius 1 is 1.45 bits per heavy atom. The highest BCUT2D eigenvalue weighted by Crippen LogP contribution is 2.07. The van der Waals surface area contributed by atoms with Gasteiger partial charge in [-0.1, -0.05) is 0 Å². The molecule has 0 bridgehead atoms. The molecule has 11 heavy (non-hydrogen) atoms. The van der Waals surface area contributed by atoms with Gasteiger partial charge in [0.15, 0.2) is 0 Å². The Morgan fingerprint density at radius 2 is 2.09 bits per heavy atom. The fourth-order valence-corrected chi connectivity index (χ4v) is 1.50. The lowest BCUT2D eigenvalue weighted by molar-refractivity contribution is 0.236. The number of likely N-dealkylation sites (tertiary alicyclic amines) is 1. The van der Waals surface area contributed by atoms with Crippen molar-refractivity contribution in [3.63, 3.8) is 0 Å². The maximum atomic E-state index is 5.40. The summed E-state index contributed by atoms with van der Waals surface area (Å²) in [6, 6.07) is 0.717. The molecule has 1 fully saturated rings. The van der Waals surface area contributed by atoms with Gasteiger partial charge in [0.05, 0.1) is 0 Å². The van der Waals surface area contributed by atoms with Crippen LogP contribution in [0.1, 0.15) is 12.8 Å². The Bertz CT molecular complexity index is 94.8. The van der Waals surface area contributed by atoms with E-state index >= 15 is 0 Å². The van der Waals surface area contributed by atoms with Gasteiger partial charge in [-0.3, -0.25) is 0 Å². The van der Waals surface area contributed by atoms with Crippen LogP contribution in [0.5, 0.6) is 0 Å². The van der Waals surface area contributed by atoms with E-state index in [2.05, 4.69) is 17.3 Å². The molecule has 1 rings (SSSR count). The lowest BCUT2D eigenvalue weighted by Crippen LogP contribution is -2.42. The fraction of sp³-hybridized carbons (Fsp3) is 1.00. The van der Waals surface area contributed by atoms with Crippen LogP contribution in [0, 0.1) is 0 Å². The van der Waals surface area contributed by atoms with Crippen LogP contribution in [0.3, 0.4) is 0 Å². The summed E-state index contributed by atoms with van der Waals surface area (Å²) in [6.07, 6.45) is 2.55. The molecule has 0 spiro atoms. The second-order valence-electron chi connectivity index (χ2n) is 3.32. The van der Waals surface area contributed by atoms with Gasteiger partial charge in [-0.15, -0.1) is 0 Å². The zero-order valence-electron chi connectivity index (χ0n) is 7.34. The van der Waals surface area contributed by atoms with E-state index in [0.717, 1.165) is 19.1 Å².